The van der Waals surface area contributed by atoms with E-state index in [-0.39, 0.29) is 0 Å². The molecule has 0 aliphatic carbocycles. The van der Waals surface area contributed by atoms with Crippen LogP contribution in [0.25, 0.3) is 0 Å². The molecular formula is C10H13Cl2N. The van der Waals surface area contributed by atoms with Crippen molar-refractivity contribution in [2.24, 2.45) is 0 Å². The Morgan fingerprint density at radius 1 is 1.23 bits per heavy atom. The molecule has 0 aliphatic rings. The first kappa shape index (κ1) is 10.8. The molecule has 0 saturated heterocycles. The lowest BCUT2D eigenvalue weighted by Gasteiger charge is -2.03. The van der Waals surface area contributed by atoms with Crippen LogP contribution in [-0.2, 0) is 6.42 Å². The van der Waals surface area contributed by atoms with Crippen LogP contribution in [-0.4, -0.2) is 13.1 Å². The zero-order valence-corrected chi connectivity index (χ0v) is 9.12. The van der Waals surface area contributed by atoms with Crippen molar-refractivity contribution in [2.75, 3.05) is 13.1 Å². The highest BCUT2D eigenvalue weighted by molar-refractivity contribution is 6.42. The Kier molecular flexibility index (Phi) is 4.57. The highest BCUT2D eigenvalue weighted by atomic mass is 35.5. The van der Waals surface area contributed by atoms with Gasteiger partial charge in [0.25, 0.3) is 0 Å². The summed E-state index contributed by atoms with van der Waals surface area (Å²) in [5.41, 5.74) is 1.22. The number of nitrogens with one attached hydrogen (secondary N) is 1. The van der Waals surface area contributed by atoms with E-state index in [0.717, 1.165) is 19.5 Å². The highest BCUT2D eigenvalue weighted by Crippen LogP contribution is 2.22. The molecule has 3 heteroatoms. The number of hydrogen-bond donors (Lipinski definition) is 1. The fourth-order valence-electron chi connectivity index (χ4n) is 1.10. The average molecular weight is 218 g/mol. The van der Waals surface area contributed by atoms with Crippen LogP contribution in [0.3, 0.4) is 0 Å². The predicted octanol–water partition coefficient (Wildman–Crippen LogP) is 3.15. The molecule has 13 heavy (non-hydrogen) atoms. The second-order valence-electron chi connectivity index (χ2n) is 2.85. The van der Waals surface area contributed by atoms with E-state index in [2.05, 4.69) is 12.2 Å². The predicted molar refractivity (Wildman–Crippen MR) is 58.7 cm³/mol. The molecule has 1 N–H and O–H groups in total. The number of halogens is 2. The van der Waals surface area contributed by atoms with Crippen LogP contribution in [0, 0.1) is 0 Å². The van der Waals surface area contributed by atoms with Crippen molar-refractivity contribution in [1.29, 1.82) is 0 Å². The third kappa shape index (κ3) is 3.55. The highest BCUT2D eigenvalue weighted by Gasteiger charge is 1.98. The molecule has 1 aromatic rings. The smallest absolute Gasteiger partial charge is 0.0595 e. The molecule has 0 saturated carbocycles. The Balaban J connectivity index is 2.53. The number of benzene rings is 1. The van der Waals surface area contributed by atoms with Crippen LogP contribution in [0.5, 0.6) is 0 Å². The lowest BCUT2D eigenvalue weighted by atomic mass is 10.1. The summed E-state index contributed by atoms with van der Waals surface area (Å²) in [6, 6.07) is 5.76. The molecular weight excluding hydrogens is 205 g/mol. The monoisotopic (exact) mass is 217 g/mol. The first-order valence-corrected chi connectivity index (χ1v) is 5.14. The lowest BCUT2D eigenvalue weighted by molar-refractivity contribution is 0.716. The van der Waals surface area contributed by atoms with Crippen molar-refractivity contribution in [3.05, 3.63) is 33.8 Å². The molecule has 0 aliphatic heterocycles. The lowest BCUT2D eigenvalue weighted by Crippen LogP contribution is -2.15. The Morgan fingerprint density at radius 2 is 2.00 bits per heavy atom. The van der Waals surface area contributed by atoms with Crippen molar-refractivity contribution in [2.45, 2.75) is 13.3 Å². The molecule has 1 rings (SSSR count). The topological polar surface area (TPSA) is 12.0 Å². The van der Waals surface area contributed by atoms with Crippen LogP contribution < -0.4 is 5.32 Å². The van der Waals surface area contributed by atoms with E-state index in [0.29, 0.717) is 10.0 Å². The summed E-state index contributed by atoms with van der Waals surface area (Å²) in [5, 5.41) is 4.51. The molecule has 0 amide bonds. The number of hydrogen-bond acceptors (Lipinski definition) is 1. The summed E-state index contributed by atoms with van der Waals surface area (Å²) in [6.45, 7) is 4.07. The van der Waals surface area contributed by atoms with E-state index in [9.17, 15) is 0 Å². The number of rotatable bonds is 4. The molecule has 0 heterocycles. The Bertz CT molecular complexity index is 274. The van der Waals surface area contributed by atoms with Gasteiger partial charge in [-0.1, -0.05) is 36.2 Å². The van der Waals surface area contributed by atoms with Crippen LogP contribution in [0.4, 0.5) is 0 Å². The van der Waals surface area contributed by atoms with Gasteiger partial charge in [0.05, 0.1) is 10.0 Å². The van der Waals surface area contributed by atoms with E-state index in [1.165, 1.54) is 5.56 Å². The number of likely N-dealkylation sites (N-methyl/N-ethyl adjacent to an activating group) is 1. The SMILES string of the molecule is CCNCCc1ccc(Cl)c(Cl)c1. The zero-order chi connectivity index (χ0) is 9.68. The largest absolute Gasteiger partial charge is 0.317 e. The maximum atomic E-state index is 5.87. The van der Waals surface area contributed by atoms with Gasteiger partial charge in [0.15, 0.2) is 0 Å². The fourth-order valence-corrected chi connectivity index (χ4v) is 1.43. The Hall–Kier alpha value is -0.240. The minimum atomic E-state index is 0.619. The molecule has 1 aromatic carbocycles. The van der Waals surface area contributed by atoms with E-state index in [4.69, 9.17) is 23.2 Å². The Morgan fingerprint density at radius 3 is 2.62 bits per heavy atom. The van der Waals surface area contributed by atoms with Gasteiger partial charge in [0, 0.05) is 0 Å². The minimum absolute atomic E-state index is 0.619. The fraction of sp³-hybridized carbons (Fsp3) is 0.400. The van der Waals surface area contributed by atoms with Gasteiger partial charge in [0.2, 0.25) is 0 Å². The van der Waals surface area contributed by atoms with Gasteiger partial charge in [0.1, 0.15) is 0 Å². The Labute approximate surface area is 89.0 Å². The van der Waals surface area contributed by atoms with Gasteiger partial charge in [-0.25, -0.2) is 0 Å². The van der Waals surface area contributed by atoms with Gasteiger partial charge >= 0.3 is 0 Å². The van der Waals surface area contributed by atoms with E-state index in [1.54, 1.807) is 0 Å². The molecule has 72 valence electrons. The molecule has 0 aromatic heterocycles. The molecule has 0 atom stereocenters. The zero-order valence-electron chi connectivity index (χ0n) is 7.61. The van der Waals surface area contributed by atoms with Crippen molar-refractivity contribution in [3.8, 4) is 0 Å². The van der Waals surface area contributed by atoms with Crippen molar-refractivity contribution < 1.29 is 0 Å². The summed E-state index contributed by atoms with van der Waals surface area (Å²) in [4.78, 5) is 0. The van der Waals surface area contributed by atoms with Gasteiger partial charge in [-0.3, -0.25) is 0 Å². The van der Waals surface area contributed by atoms with E-state index >= 15 is 0 Å². The second kappa shape index (κ2) is 5.48. The first-order valence-electron chi connectivity index (χ1n) is 4.38. The normalized spacial score (nSPS) is 10.4. The maximum Gasteiger partial charge on any atom is 0.0595 e. The average Bonchev–Trinajstić information content (AvgIpc) is 2.12. The van der Waals surface area contributed by atoms with Gasteiger partial charge in [-0.15, -0.1) is 0 Å². The minimum Gasteiger partial charge on any atom is -0.317 e. The van der Waals surface area contributed by atoms with Gasteiger partial charge in [-0.2, -0.15) is 0 Å². The van der Waals surface area contributed by atoms with Crippen LogP contribution >= 0.6 is 23.2 Å². The molecule has 0 spiro atoms. The van der Waals surface area contributed by atoms with E-state index in [1.807, 2.05) is 18.2 Å². The molecule has 0 fully saturated rings. The second-order valence-corrected chi connectivity index (χ2v) is 3.67. The molecule has 0 bridgehead atoms. The van der Waals surface area contributed by atoms with Crippen LogP contribution in [0.2, 0.25) is 10.0 Å². The summed E-state index contributed by atoms with van der Waals surface area (Å²) in [7, 11) is 0. The van der Waals surface area contributed by atoms with Gasteiger partial charge in [-0.05, 0) is 37.2 Å². The summed E-state index contributed by atoms with van der Waals surface area (Å²) < 4.78 is 0. The maximum absolute atomic E-state index is 5.87. The third-order valence-corrected chi connectivity index (χ3v) is 2.56. The molecule has 0 radical (unpaired) electrons. The summed E-state index contributed by atoms with van der Waals surface area (Å²) in [6.07, 6.45) is 0.991. The van der Waals surface area contributed by atoms with Gasteiger partial charge < -0.3 is 5.32 Å². The standard InChI is InChI=1S/C10H13Cl2N/c1-2-13-6-5-8-3-4-9(11)10(12)7-8/h3-4,7,13H,2,5-6H2,1H3. The summed E-state index contributed by atoms with van der Waals surface area (Å²) in [5.74, 6) is 0. The molecule has 1 nitrogen and oxygen atoms in total. The molecule has 0 unspecified atom stereocenters. The first-order chi connectivity index (χ1) is 6.24. The van der Waals surface area contributed by atoms with Crippen molar-refractivity contribution in [1.82, 2.24) is 5.32 Å². The van der Waals surface area contributed by atoms with E-state index < -0.39 is 0 Å². The van der Waals surface area contributed by atoms with Crippen LogP contribution in [0.1, 0.15) is 12.5 Å². The third-order valence-electron chi connectivity index (χ3n) is 1.82. The van der Waals surface area contributed by atoms with Crippen molar-refractivity contribution in [3.63, 3.8) is 0 Å². The van der Waals surface area contributed by atoms with Crippen LogP contribution in [0.15, 0.2) is 18.2 Å². The quantitative estimate of drug-likeness (QED) is 0.765. The summed E-state index contributed by atoms with van der Waals surface area (Å²) >= 11 is 11.7. The van der Waals surface area contributed by atoms with Crippen molar-refractivity contribution >= 4 is 23.2 Å².